The summed E-state index contributed by atoms with van der Waals surface area (Å²) in [6.07, 6.45) is 3.44. The molecule has 8 nitrogen and oxygen atoms in total. The molecule has 182 valence electrons. The fraction of sp³-hybridized carbons (Fsp3) is 0.222. The maximum Gasteiger partial charge on any atom is 0.250 e. The minimum atomic E-state index is -1.04. The zero-order valence-corrected chi connectivity index (χ0v) is 21.1. The molecule has 36 heavy (non-hydrogen) atoms. The van der Waals surface area contributed by atoms with Crippen LogP contribution in [-0.4, -0.2) is 42.4 Å². The van der Waals surface area contributed by atoms with Gasteiger partial charge in [0, 0.05) is 18.0 Å². The van der Waals surface area contributed by atoms with Crippen molar-refractivity contribution in [3.63, 3.8) is 0 Å². The zero-order valence-electron chi connectivity index (χ0n) is 20.3. The predicted molar refractivity (Wildman–Crippen MR) is 141 cm³/mol. The number of anilines is 2. The van der Waals surface area contributed by atoms with Crippen molar-refractivity contribution in [3.05, 3.63) is 84.7 Å². The van der Waals surface area contributed by atoms with Crippen molar-refractivity contribution < 1.29 is 9.59 Å². The number of pyridine rings is 1. The quantitative estimate of drug-likeness (QED) is 0.390. The average Bonchev–Trinajstić information content (AvgIpc) is 3.27. The van der Waals surface area contributed by atoms with Gasteiger partial charge in [0.2, 0.25) is 11.8 Å². The summed E-state index contributed by atoms with van der Waals surface area (Å²) in [6, 6.07) is 21.2. The predicted octanol–water partition coefficient (Wildman–Crippen LogP) is 4.63. The number of carbonyl (C=O) groups is 2. The molecule has 3 heterocycles. The van der Waals surface area contributed by atoms with Crippen LogP contribution < -0.4 is 10.2 Å². The Morgan fingerprint density at radius 2 is 1.69 bits per heavy atom. The van der Waals surface area contributed by atoms with Gasteiger partial charge in [-0.15, -0.1) is 10.2 Å². The fourth-order valence-electron chi connectivity index (χ4n) is 4.24. The molecule has 2 aromatic carbocycles. The molecule has 4 aromatic rings. The summed E-state index contributed by atoms with van der Waals surface area (Å²) in [5.74, 6) is 0.303. The van der Waals surface area contributed by atoms with Crippen molar-refractivity contribution in [2.24, 2.45) is 0 Å². The highest BCUT2D eigenvalue weighted by atomic mass is 32.2. The van der Waals surface area contributed by atoms with Crippen molar-refractivity contribution in [1.29, 1.82) is 0 Å². The van der Waals surface area contributed by atoms with Gasteiger partial charge in [-0.1, -0.05) is 54.2 Å². The number of hydrogen-bond acceptors (Lipinski definition) is 6. The van der Waals surface area contributed by atoms with E-state index in [2.05, 4.69) is 20.5 Å². The molecule has 0 bridgehead atoms. The van der Waals surface area contributed by atoms with Crippen LogP contribution in [0, 0.1) is 0 Å². The van der Waals surface area contributed by atoms with Gasteiger partial charge in [0.25, 0.3) is 0 Å². The lowest BCUT2D eigenvalue weighted by atomic mass is 9.96. The summed E-state index contributed by atoms with van der Waals surface area (Å²) in [5, 5.41) is 11.9. The van der Waals surface area contributed by atoms with E-state index in [0.717, 1.165) is 11.1 Å². The largest absolute Gasteiger partial charge is 0.322 e. The first-order valence-electron chi connectivity index (χ1n) is 11.6. The average molecular weight is 499 g/mol. The Hall–Kier alpha value is -3.98. The fourth-order valence-corrected chi connectivity index (χ4v) is 5.12. The Kier molecular flexibility index (Phi) is 6.32. The highest BCUT2D eigenvalue weighted by Gasteiger charge is 2.45. The molecule has 9 heteroatoms. The minimum absolute atomic E-state index is 0.174. The summed E-state index contributed by atoms with van der Waals surface area (Å²) < 4.78 is 2.01. The second kappa shape index (κ2) is 9.58. The van der Waals surface area contributed by atoms with Gasteiger partial charge in [-0.25, -0.2) is 0 Å². The van der Waals surface area contributed by atoms with Gasteiger partial charge in [0.05, 0.1) is 23.2 Å². The molecular weight excluding hydrogens is 472 g/mol. The maximum atomic E-state index is 13.8. The van der Waals surface area contributed by atoms with E-state index in [1.54, 1.807) is 37.2 Å². The van der Waals surface area contributed by atoms with E-state index in [-0.39, 0.29) is 11.8 Å². The number of nitrogens with one attached hydrogen (secondary N) is 1. The zero-order chi connectivity index (χ0) is 25.3. The third-order valence-corrected chi connectivity index (χ3v) is 7.27. The lowest BCUT2D eigenvalue weighted by Gasteiger charge is -2.43. The molecule has 0 spiro atoms. The Bertz CT molecular complexity index is 1400. The van der Waals surface area contributed by atoms with E-state index in [1.807, 2.05) is 72.2 Å². The highest BCUT2D eigenvalue weighted by Crippen LogP contribution is 2.39. The lowest BCUT2D eigenvalue weighted by molar-refractivity contribution is -0.126. The minimum Gasteiger partial charge on any atom is -0.322 e. The van der Waals surface area contributed by atoms with Crippen LogP contribution in [0.15, 0.2) is 84.3 Å². The summed E-state index contributed by atoms with van der Waals surface area (Å²) >= 11 is 1.33. The first-order chi connectivity index (χ1) is 17.4. The molecule has 0 unspecified atom stereocenters. The summed E-state index contributed by atoms with van der Waals surface area (Å²) in [6.45, 7) is 5.90. The second-order valence-corrected chi connectivity index (χ2v) is 10.4. The van der Waals surface area contributed by atoms with Gasteiger partial charge >= 0.3 is 0 Å². The summed E-state index contributed by atoms with van der Waals surface area (Å²) in [5.41, 5.74) is 2.25. The number of aromatic nitrogens is 4. The normalized spacial score (nSPS) is 15.2. The molecule has 1 aliphatic rings. The lowest BCUT2D eigenvalue weighted by Crippen LogP contribution is -2.60. The van der Waals surface area contributed by atoms with Crippen molar-refractivity contribution in [1.82, 2.24) is 19.7 Å². The topological polar surface area (TPSA) is 93.0 Å². The SMILES string of the molecule is C[C@H](Sc1nnc(-c2ccncc2)n1Cc1ccccc1)C(=O)N1c2ccccc2NC(=O)C1(C)C. The van der Waals surface area contributed by atoms with E-state index >= 15 is 0 Å². The van der Waals surface area contributed by atoms with Crippen LogP contribution in [0.5, 0.6) is 0 Å². The number of benzene rings is 2. The molecule has 0 saturated heterocycles. The molecular formula is C27H26N6O2S. The van der Waals surface area contributed by atoms with E-state index in [4.69, 9.17) is 0 Å². The third-order valence-electron chi connectivity index (χ3n) is 6.20. The molecule has 1 atom stereocenters. The van der Waals surface area contributed by atoms with E-state index < -0.39 is 10.8 Å². The van der Waals surface area contributed by atoms with Gasteiger partial charge in [-0.2, -0.15) is 0 Å². The Morgan fingerprint density at radius 3 is 2.44 bits per heavy atom. The van der Waals surface area contributed by atoms with E-state index in [1.165, 1.54) is 11.8 Å². The van der Waals surface area contributed by atoms with Crippen LogP contribution in [0.1, 0.15) is 26.3 Å². The first kappa shape index (κ1) is 23.7. The van der Waals surface area contributed by atoms with Gasteiger partial charge in [0.15, 0.2) is 11.0 Å². The number of nitrogens with zero attached hydrogens (tertiary/aromatic N) is 5. The van der Waals surface area contributed by atoms with Gasteiger partial charge in [-0.3, -0.25) is 24.0 Å². The standard InChI is InChI=1S/C27H26N6O2S/c1-18(24(34)33-22-12-8-7-11-21(22)29-25(35)27(33,2)3)36-26-31-30-23(20-13-15-28-16-14-20)32(26)17-19-9-5-4-6-10-19/h4-16,18H,17H2,1-3H3,(H,29,35)/t18-/m0/s1. The smallest absolute Gasteiger partial charge is 0.250 e. The molecule has 5 rings (SSSR count). The third kappa shape index (κ3) is 4.37. The highest BCUT2D eigenvalue weighted by molar-refractivity contribution is 8.00. The molecule has 2 aromatic heterocycles. The van der Waals surface area contributed by atoms with Crippen molar-refractivity contribution in [2.75, 3.05) is 10.2 Å². The van der Waals surface area contributed by atoms with Gasteiger partial charge in [0.1, 0.15) is 5.54 Å². The van der Waals surface area contributed by atoms with Crippen LogP contribution in [0.4, 0.5) is 11.4 Å². The molecule has 0 fully saturated rings. The number of para-hydroxylation sites is 2. The number of rotatable bonds is 6. The van der Waals surface area contributed by atoms with Crippen molar-refractivity contribution in [2.45, 2.75) is 43.3 Å². The Balaban J connectivity index is 1.48. The molecule has 0 radical (unpaired) electrons. The van der Waals surface area contributed by atoms with Crippen molar-refractivity contribution >= 4 is 35.0 Å². The van der Waals surface area contributed by atoms with Crippen LogP contribution >= 0.6 is 11.8 Å². The van der Waals surface area contributed by atoms with Gasteiger partial charge in [-0.05, 0) is 50.6 Å². The van der Waals surface area contributed by atoms with Crippen LogP contribution in [-0.2, 0) is 16.1 Å². The number of fused-ring (bicyclic) bond motifs is 1. The molecule has 1 N–H and O–H groups in total. The molecule has 0 aliphatic carbocycles. The second-order valence-electron chi connectivity index (χ2n) is 9.08. The van der Waals surface area contributed by atoms with E-state index in [9.17, 15) is 9.59 Å². The summed E-state index contributed by atoms with van der Waals surface area (Å²) in [4.78, 5) is 32.4. The van der Waals surface area contributed by atoms with Crippen molar-refractivity contribution in [3.8, 4) is 11.4 Å². The summed E-state index contributed by atoms with van der Waals surface area (Å²) in [7, 11) is 0. The van der Waals surface area contributed by atoms with Gasteiger partial charge < -0.3 is 5.32 Å². The molecule has 0 saturated carbocycles. The van der Waals surface area contributed by atoms with Crippen LogP contribution in [0.2, 0.25) is 0 Å². The first-order valence-corrected chi connectivity index (χ1v) is 12.5. The number of hydrogen-bond donors (Lipinski definition) is 1. The van der Waals surface area contributed by atoms with Crippen LogP contribution in [0.3, 0.4) is 0 Å². The number of thioether (sulfide) groups is 1. The Morgan fingerprint density at radius 1 is 1.00 bits per heavy atom. The number of carbonyl (C=O) groups excluding carboxylic acids is 2. The maximum absolute atomic E-state index is 13.8. The molecule has 2 amide bonds. The van der Waals surface area contributed by atoms with Crippen LogP contribution in [0.25, 0.3) is 11.4 Å². The number of amides is 2. The monoisotopic (exact) mass is 498 g/mol. The Labute approximate surface area is 213 Å². The molecule has 1 aliphatic heterocycles. The van der Waals surface area contributed by atoms with E-state index in [0.29, 0.717) is 28.9 Å².